The van der Waals surface area contributed by atoms with E-state index in [1.165, 1.54) is 24.3 Å². The second-order valence-corrected chi connectivity index (χ2v) is 9.37. The number of hydrogen-bond acceptors (Lipinski definition) is 2. The molecule has 6 heteroatoms. The van der Waals surface area contributed by atoms with Crippen LogP contribution >= 0.6 is 0 Å². The molecule has 0 radical (unpaired) electrons. The highest BCUT2D eigenvalue weighted by Gasteiger charge is 2.42. The van der Waals surface area contributed by atoms with Crippen LogP contribution in [0.25, 0.3) is 0 Å². The van der Waals surface area contributed by atoms with Gasteiger partial charge in [-0.1, -0.05) is 45.0 Å². The van der Waals surface area contributed by atoms with Crippen LogP contribution < -0.4 is 10.6 Å². The summed E-state index contributed by atoms with van der Waals surface area (Å²) in [6, 6.07) is 11.6. The molecule has 0 unspecified atom stereocenters. The monoisotopic (exact) mass is 414 g/mol. The van der Waals surface area contributed by atoms with Gasteiger partial charge in [0.2, 0.25) is 0 Å². The zero-order valence-electron chi connectivity index (χ0n) is 17.6. The zero-order valence-corrected chi connectivity index (χ0v) is 17.6. The molecule has 2 aromatic carbocycles. The molecular weight excluding hydrogens is 386 g/mol. The summed E-state index contributed by atoms with van der Waals surface area (Å²) < 4.78 is 27.8. The molecule has 1 aliphatic rings. The fourth-order valence-electron chi connectivity index (χ4n) is 4.81. The maximum Gasteiger partial charge on any atom is 0.254 e. The summed E-state index contributed by atoms with van der Waals surface area (Å²) in [5.74, 6) is -2.00. The minimum Gasteiger partial charge on any atom is -0.351 e. The molecule has 0 bridgehead atoms. The molecule has 0 heterocycles. The zero-order chi connectivity index (χ0) is 21.9. The highest BCUT2D eigenvalue weighted by atomic mass is 19.1. The van der Waals surface area contributed by atoms with Gasteiger partial charge in [0, 0.05) is 12.6 Å². The van der Waals surface area contributed by atoms with Gasteiger partial charge < -0.3 is 10.6 Å². The Hall–Kier alpha value is -2.76. The minimum absolute atomic E-state index is 0.0144. The molecule has 160 valence electrons. The van der Waals surface area contributed by atoms with E-state index in [2.05, 4.69) is 31.4 Å². The topological polar surface area (TPSA) is 58.2 Å². The maximum absolute atomic E-state index is 14.0. The summed E-state index contributed by atoms with van der Waals surface area (Å²) in [5, 5.41) is 5.81. The summed E-state index contributed by atoms with van der Waals surface area (Å²) in [4.78, 5) is 25.0. The number of carbonyl (C=O) groups is 2. The summed E-state index contributed by atoms with van der Waals surface area (Å²) in [7, 11) is 0. The number of benzene rings is 2. The van der Waals surface area contributed by atoms with Crippen LogP contribution in [0.5, 0.6) is 0 Å². The van der Waals surface area contributed by atoms with Crippen molar-refractivity contribution in [3.05, 3.63) is 71.3 Å². The van der Waals surface area contributed by atoms with Gasteiger partial charge in [-0.25, -0.2) is 8.78 Å². The fourth-order valence-corrected chi connectivity index (χ4v) is 4.81. The quantitative estimate of drug-likeness (QED) is 0.745. The molecule has 0 aromatic heterocycles. The van der Waals surface area contributed by atoms with E-state index in [0.29, 0.717) is 13.0 Å². The van der Waals surface area contributed by atoms with Crippen LogP contribution in [0.4, 0.5) is 8.78 Å². The number of rotatable bonds is 5. The van der Waals surface area contributed by atoms with Crippen molar-refractivity contribution in [3.8, 4) is 0 Å². The van der Waals surface area contributed by atoms with Crippen LogP contribution in [0.1, 0.15) is 60.7 Å². The van der Waals surface area contributed by atoms with Gasteiger partial charge in [-0.3, -0.25) is 9.59 Å². The molecule has 3 rings (SSSR count). The van der Waals surface area contributed by atoms with Crippen LogP contribution in [-0.4, -0.2) is 24.4 Å². The van der Waals surface area contributed by atoms with Gasteiger partial charge in [-0.05, 0) is 54.4 Å². The lowest BCUT2D eigenvalue weighted by Gasteiger charge is -2.47. The Labute approximate surface area is 176 Å². The summed E-state index contributed by atoms with van der Waals surface area (Å²) in [6.45, 7) is 6.64. The molecule has 0 spiro atoms. The second kappa shape index (κ2) is 8.54. The molecule has 30 heavy (non-hydrogen) atoms. The summed E-state index contributed by atoms with van der Waals surface area (Å²) in [5.41, 5.74) is -0.338. The molecule has 4 nitrogen and oxygen atoms in total. The van der Waals surface area contributed by atoms with E-state index in [9.17, 15) is 18.4 Å². The molecule has 1 saturated carbocycles. The number of amides is 2. The Morgan fingerprint density at radius 2 is 1.43 bits per heavy atom. The Kier molecular flexibility index (Phi) is 6.25. The highest BCUT2D eigenvalue weighted by molar-refractivity contribution is 5.95. The lowest BCUT2D eigenvalue weighted by molar-refractivity contribution is 0.0589. The number of halogens is 2. The first-order valence-corrected chi connectivity index (χ1v) is 10.2. The molecule has 2 atom stereocenters. The second-order valence-electron chi connectivity index (χ2n) is 9.37. The van der Waals surface area contributed by atoms with Gasteiger partial charge in [0.1, 0.15) is 11.6 Å². The molecule has 1 aliphatic carbocycles. The Morgan fingerprint density at radius 1 is 0.900 bits per heavy atom. The van der Waals surface area contributed by atoms with Gasteiger partial charge in [0.25, 0.3) is 11.8 Å². The van der Waals surface area contributed by atoms with Crippen molar-refractivity contribution in [3.63, 3.8) is 0 Å². The third kappa shape index (κ3) is 5.23. The smallest absolute Gasteiger partial charge is 0.254 e. The molecule has 0 saturated heterocycles. The average Bonchev–Trinajstić information content (AvgIpc) is 2.65. The van der Waals surface area contributed by atoms with Gasteiger partial charge >= 0.3 is 0 Å². The van der Waals surface area contributed by atoms with E-state index in [-0.39, 0.29) is 28.0 Å². The van der Waals surface area contributed by atoms with Gasteiger partial charge in [0.05, 0.1) is 11.1 Å². The fraction of sp³-hybridized carbons (Fsp3) is 0.417. The van der Waals surface area contributed by atoms with E-state index in [4.69, 9.17) is 0 Å². The average molecular weight is 414 g/mol. The van der Waals surface area contributed by atoms with Crippen molar-refractivity contribution in [2.45, 2.75) is 46.1 Å². The van der Waals surface area contributed by atoms with Crippen molar-refractivity contribution >= 4 is 11.8 Å². The molecule has 1 fully saturated rings. The van der Waals surface area contributed by atoms with Crippen LogP contribution in [0.2, 0.25) is 0 Å². The van der Waals surface area contributed by atoms with E-state index in [1.807, 2.05) is 0 Å². The van der Waals surface area contributed by atoms with Crippen molar-refractivity contribution in [1.29, 1.82) is 0 Å². The Bertz CT molecular complexity index is 944. The van der Waals surface area contributed by atoms with E-state index >= 15 is 0 Å². The highest BCUT2D eigenvalue weighted by Crippen LogP contribution is 2.45. The number of carbonyl (C=O) groups excluding carboxylic acids is 2. The van der Waals surface area contributed by atoms with Crippen LogP contribution in [0.3, 0.4) is 0 Å². The lowest BCUT2D eigenvalue weighted by Crippen LogP contribution is -2.50. The first-order chi connectivity index (χ1) is 14.1. The SMILES string of the molecule is CC1(C)C[C@@H](NC(=O)c2ccccc2F)C[C@](C)(CNC(=O)c2ccccc2F)C1. The summed E-state index contributed by atoms with van der Waals surface area (Å²) >= 11 is 0. The third-order valence-corrected chi connectivity index (χ3v) is 5.69. The Balaban J connectivity index is 1.69. The minimum atomic E-state index is -0.556. The number of nitrogens with one attached hydrogen (secondary N) is 2. The third-order valence-electron chi connectivity index (χ3n) is 5.69. The van der Waals surface area contributed by atoms with Crippen LogP contribution in [0, 0.1) is 22.5 Å². The van der Waals surface area contributed by atoms with Crippen molar-refractivity contribution in [2.24, 2.45) is 10.8 Å². The summed E-state index contributed by atoms with van der Waals surface area (Å²) in [6.07, 6.45) is 2.22. The van der Waals surface area contributed by atoms with E-state index < -0.39 is 23.4 Å². The molecule has 2 aromatic rings. The van der Waals surface area contributed by atoms with E-state index in [1.54, 1.807) is 24.3 Å². The first kappa shape index (κ1) is 21.9. The lowest BCUT2D eigenvalue weighted by atomic mass is 9.62. The molecule has 2 N–H and O–H groups in total. The predicted molar refractivity (Wildman–Crippen MR) is 112 cm³/mol. The van der Waals surface area contributed by atoms with Gasteiger partial charge in [0.15, 0.2) is 0 Å². The maximum atomic E-state index is 14.0. The molecule has 2 amide bonds. The van der Waals surface area contributed by atoms with Crippen LogP contribution in [0.15, 0.2) is 48.5 Å². The van der Waals surface area contributed by atoms with Crippen molar-refractivity contribution in [2.75, 3.05) is 6.54 Å². The van der Waals surface area contributed by atoms with Crippen molar-refractivity contribution in [1.82, 2.24) is 10.6 Å². The normalized spacial score (nSPS) is 22.9. The standard InChI is InChI=1S/C24H28F2N2O2/c1-23(2)12-16(28-22(30)18-9-5-7-11-20(18)26)13-24(3,14-23)15-27-21(29)17-8-4-6-10-19(17)25/h4-11,16H,12-15H2,1-3H3,(H,27,29)(H,28,30)/t16-,24+/m1/s1. The Morgan fingerprint density at radius 3 is 2.00 bits per heavy atom. The first-order valence-electron chi connectivity index (χ1n) is 10.2. The predicted octanol–water partition coefficient (Wildman–Crippen LogP) is 4.71. The van der Waals surface area contributed by atoms with Crippen LogP contribution in [-0.2, 0) is 0 Å². The number of hydrogen-bond donors (Lipinski definition) is 2. The van der Waals surface area contributed by atoms with Gasteiger partial charge in [-0.15, -0.1) is 0 Å². The largest absolute Gasteiger partial charge is 0.351 e. The van der Waals surface area contributed by atoms with Crippen molar-refractivity contribution < 1.29 is 18.4 Å². The van der Waals surface area contributed by atoms with E-state index in [0.717, 1.165) is 12.8 Å². The molecule has 0 aliphatic heterocycles. The molecular formula is C24H28F2N2O2. The van der Waals surface area contributed by atoms with Gasteiger partial charge in [-0.2, -0.15) is 0 Å².